The molecule has 0 saturated carbocycles. The summed E-state index contributed by atoms with van der Waals surface area (Å²) in [6.45, 7) is 12.5. The zero-order chi connectivity index (χ0) is 20.8. The first-order valence-electron chi connectivity index (χ1n) is 9.15. The second kappa shape index (κ2) is 8.94. The molecule has 0 fully saturated rings. The molecule has 2 aromatic rings. The number of para-hydroxylation sites is 1. The number of aliphatic carboxylic acids is 1. The highest BCUT2D eigenvalue weighted by Crippen LogP contribution is 2.38. The predicted molar refractivity (Wildman–Crippen MR) is 110 cm³/mol. The third-order valence-electron chi connectivity index (χ3n) is 4.23. The van der Waals surface area contributed by atoms with Crippen LogP contribution in [0.2, 0.25) is 0 Å². The van der Waals surface area contributed by atoms with Crippen LogP contribution in [-0.4, -0.2) is 21.3 Å². The van der Waals surface area contributed by atoms with Gasteiger partial charge in [0.25, 0.3) is 0 Å². The molecule has 0 aliphatic rings. The molecule has 0 spiro atoms. The van der Waals surface area contributed by atoms with E-state index in [1.807, 2.05) is 18.2 Å². The summed E-state index contributed by atoms with van der Waals surface area (Å²) in [6.07, 6.45) is 0.388. The van der Waals surface area contributed by atoms with E-state index in [1.165, 1.54) is 0 Å². The second-order valence-electron chi connectivity index (χ2n) is 8.76. The fourth-order valence-corrected chi connectivity index (χ4v) is 2.56. The summed E-state index contributed by atoms with van der Waals surface area (Å²) in [5.74, 6) is -0.280. The van der Waals surface area contributed by atoms with Gasteiger partial charge in [0.05, 0.1) is 0 Å². The van der Waals surface area contributed by atoms with Crippen LogP contribution in [0.15, 0.2) is 42.5 Å². The number of carboxylic acid groups (broad SMARTS) is 1. The Hall–Kier alpha value is -2.49. The maximum absolute atomic E-state index is 10.8. The van der Waals surface area contributed by atoms with Crippen LogP contribution in [0.3, 0.4) is 0 Å². The topological polar surface area (TPSA) is 77.8 Å². The Kier molecular flexibility index (Phi) is 7.46. The quantitative estimate of drug-likeness (QED) is 0.674. The summed E-state index contributed by atoms with van der Waals surface area (Å²) in [4.78, 5) is 10.8. The number of carboxylic acids is 1. The van der Waals surface area contributed by atoms with Crippen molar-refractivity contribution in [2.45, 2.75) is 65.2 Å². The number of aryl methyl sites for hydroxylation is 1. The normalized spacial score (nSPS) is 11.5. The molecule has 4 heteroatoms. The van der Waals surface area contributed by atoms with Crippen LogP contribution < -0.4 is 0 Å². The first kappa shape index (κ1) is 22.6. The Balaban J connectivity index is 0.000000433. The van der Waals surface area contributed by atoms with Gasteiger partial charge in [0, 0.05) is 6.42 Å². The van der Waals surface area contributed by atoms with Gasteiger partial charge in [0.2, 0.25) is 0 Å². The van der Waals surface area contributed by atoms with Gasteiger partial charge in [-0.2, -0.15) is 0 Å². The smallest absolute Gasteiger partial charge is 0.303 e. The van der Waals surface area contributed by atoms with Crippen molar-refractivity contribution in [1.29, 1.82) is 0 Å². The van der Waals surface area contributed by atoms with Gasteiger partial charge in [-0.1, -0.05) is 71.9 Å². The molecule has 0 amide bonds. The van der Waals surface area contributed by atoms with Crippen LogP contribution in [0, 0.1) is 0 Å². The van der Waals surface area contributed by atoms with Crippen molar-refractivity contribution in [3.8, 4) is 11.5 Å². The lowest BCUT2D eigenvalue weighted by Crippen LogP contribution is -2.17. The number of aromatic hydroxyl groups is 2. The largest absolute Gasteiger partial charge is 0.508 e. The van der Waals surface area contributed by atoms with Gasteiger partial charge in [-0.15, -0.1) is 0 Å². The minimum absolute atomic E-state index is 0.0325. The van der Waals surface area contributed by atoms with E-state index < -0.39 is 5.97 Å². The lowest BCUT2D eigenvalue weighted by molar-refractivity contribution is -0.136. The zero-order valence-corrected chi connectivity index (χ0v) is 17.2. The molecule has 0 bridgehead atoms. The molecule has 0 aliphatic carbocycles. The number of benzene rings is 2. The van der Waals surface area contributed by atoms with Crippen LogP contribution >= 0.6 is 0 Å². The number of carbonyl (C=O) groups is 1. The molecule has 0 heterocycles. The van der Waals surface area contributed by atoms with Gasteiger partial charge in [0.15, 0.2) is 0 Å². The van der Waals surface area contributed by atoms with E-state index in [0.29, 0.717) is 12.2 Å². The summed E-state index contributed by atoms with van der Waals surface area (Å²) < 4.78 is 0. The van der Waals surface area contributed by atoms with Crippen LogP contribution in [-0.2, 0) is 22.0 Å². The molecule has 0 aromatic heterocycles. The zero-order valence-electron chi connectivity index (χ0n) is 17.2. The lowest BCUT2D eigenvalue weighted by atomic mass is 9.78. The summed E-state index contributed by atoms with van der Waals surface area (Å²) in [5.41, 5.74) is 2.52. The third-order valence-corrected chi connectivity index (χ3v) is 4.23. The summed E-state index contributed by atoms with van der Waals surface area (Å²) in [6, 6.07) is 12.7. The van der Waals surface area contributed by atoms with Crippen molar-refractivity contribution in [2.75, 3.05) is 0 Å². The van der Waals surface area contributed by atoms with Crippen molar-refractivity contribution >= 4 is 5.97 Å². The average molecular weight is 373 g/mol. The number of phenolic OH excluding ortho intramolecular Hbond substituents is 2. The fourth-order valence-electron chi connectivity index (χ4n) is 2.56. The Morgan fingerprint density at radius 1 is 0.889 bits per heavy atom. The first-order chi connectivity index (χ1) is 12.3. The molecule has 4 nitrogen and oxygen atoms in total. The predicted octanol–water partition coefficient (Wildman–Crippen LogP) is 5.40. The highest BCUT2D eigenvalue weighted by molar-refractivity contribution is 5.67. The van der Waals surface area contributed by atoms with Gasteiger partial charge in [-0.3, -0.25) is 4.79 Å². The van der Waals surface area contributed by atoms with Gasteiger partial charge < -0.3 is 15.3 Å². The number of hydrogen-bond donors (Lipinski definition) is 3. The van der Waals surface area contributed by atoms with Gasteiger partial charge in [-0.05, 0) is 46.1 Å². The Labute approximate surface area is 162 Å². The van der Waals surface area contributed by atoms with Crippen LogP contribution in [0.25, 0.3) is 0 Å². The molecular formula is C23H32O4. The molecule has 0 unspecified atom stereocenters. The number of phenols is 2. The molecule has 2 aromatic carbocycles. The summed E-state index contributed by atoms with van der Waals surface area (Å²) >= 11 is 0. The summed E-state index contributed by atoms with van der Waals surface area (Å²) in [7, 11) is 0. The Bertz CT molecular complexity index is 750. The minimum Gasteiger partial charge on any atom is -0.508 e. The highest BCUT2D eigenvalue weighted by Gasteiger charge is 2.24. The van der Waals surface area contributed by atoms with Crippen molar-refractivity contribution in [3.63, 3.8) is 0 Å². The van der Waals surface area contributed by atoms with E-state index in [4.69, 9.17) is 10.2 Å². The van der Waals surface area contributed by atoms with Crippen molar-refractivity contribution in [1.82, 2.24) is 0 Å². The SMILES string of the molecule is CC(C)(C)c1cc(CCC(=O)O)c(O)c(C(C)(C)C)c1.Oc1ccccc1. The average Bonchev–Trinajstić information content (AvgIpc) is 2.53. The fraction of sp³-hybridized carbons (Fsp3) is 0.435. The molecule has 3 N–H and O–H groups in total. The van der Waals surface area contributed by atoms with Crippen molar-refractivity contribution in [3.05, 3.63) is 59.2 Å². The first-order valence-corrected chi connectivity index (χ1v) is 9.15. The van der Waals surface area contributed by atoms with Crippen LogP contribution in [0.1, 0.15) is 64.7 Å². The maximum atomic E-state index is 10.8. The summed E-state index contributed by atoms with van der Waals surface area (Å²) in [5, 5.41) is 27.9. The number of hydrogen-bond acceptors (Lipinski definition) is 3. The maximum Gasteiger partial charge on any atom is 0.303 e. The van der Waals surface area contributed by atoms with E-state index in [-0.39, 0.29) is 23.0 Å². The lowest BCUT2D eigenvalue weighted by Gasteiger charge is -2.27. The third kappa shape index (κ3) is 7.33. The van der Waals surface area contributed by atoms with E-state index in [0.717, 1.165) is 16.7 Å². The van der Waals surface area contributed by atoms with Gasteiger partial charge in [-0.25, -0.2) is 0 Å². The molecule has 0 aliphatic heterocycles. The number of rotatable bonds is 3. The molecular weight excluding hydrogens is 340 g/mol. The minimum atomic E-state index is -0.845. The Morgan fingerprint density at radius 3 is 1.81 bits per heavy atom. The molecule has 0 saturated heterocycles. The van der Waals surface area contributed by atoms with E-state index in [9.17, 15) is 9.90 Å². The van der Waals surface area contributed by atoms with Crippen molar-refractivity contribution < 1.29 is 20.1 Å². The standard InChI is InChI=1S/C17H26O3.C6H6O/c1-16(2,3)12-9-11(7-8-14(18)19)15(20)13(10-12)17(4,5)6;7-6-4-2-1-3-5-6/h9-10,20H,7-8H2,1-6H3,(H,18,19);1-5,7H. The molecule has 0 radical (unpaired) electrons. The molecule has 148 valence electrons. The van der Waals surface area contributed by atoms with Gasteiger partial charge in [0.1, 0.15) is 11.5 Å². The van der Waals surface area contributed by atoms with Gasteiger partial charge >= 0.3 is 5.97 Å². The molecule has 0 atom stereocenters. The van der Waals surface area contributed by atoms with E-state index >= 15 is 0 Å². The molecule has 2 rings (SSSR count). The van der Waals surface area contributed by atoms with Crippen LogP contribution in [0.4, 0.5) is 0 Å². The highest BCUT2D eigenvalue weighted by atomic mass is 16.4. The second-order valence-corrected chi connectivity index (χ2v) is 8.76. The molecule has 27 heavy (non-hydrogen) atoms. The van der Waals surface area contributed by atoms with E-state index in [2.05, 4.69) is 41.5 Å². The van der Waals surface area contributed by atoms with Crippen LogP contribution in [0.5, 0.6) is 11.5 Å². The monoisotopic (exact) mass is 372 g/mol. The van der Waals surface area contributed by atoms with E-state index in [1.54, 1.807) is 24.3 Å². The Morgan fingerprint density at radius 2 is 1.44 bits per heavy atom. The van der Waals surface area contributed by atoms with Crippen molar-refractivity contribution in [2.24, 2.45) is 0 Å².